The van der Waals surface area contributed by atoms with Crippen LogP contribution in [0.2, 0.25) is 0 Å². The van der Waals surface area contributed by atoms with Crippen LogP contribution in [0.3, 0.4) is 0 Å². The number of piperidine rings is 1. The molecule has 1 atom stereocenters. The van der Waals surface area contributed by atoms with Crippen LogP contribution < -0.4 is 0 Å². The van der Waals surface area contributed by atoms with E-state index in [1.807, 2.05) is 0 Å². The molecule has 0 aromatic rings. The van der Waals surface area contributed by atoms with Gasteiger partial charge in [-0.15, -0.1) is 0 Å². The van der Waals surface area contributed by atoms with Crippen molar-refractivity contribution in [2.45, 2.75) is 37.8 Å². The zero-order valence-electron chi connectivity index (χ0n) is 8.11. The lowest BCUT2D eigenvalue weighted by atomic mass is 10.0. The molecule has 0 radical (unpaired) electrons. The van der Waals surface area contributed by atoms with Crippen LogP contribution in [0.5, 0.6) is 0 Å². The lowest BCUT2D eigenvalue weighted by molar-refractivity contribution is 0.0441. The first kappa shape index (κ1) is 9.81. The van der Waals surface area contributed by atoms with Crippen molar-refractivity contribution in [1.82, 2.24) is 4.90 Å². The fourth-order valence-corrected chi connectivity index (χ4v) is 3.45. The van der Waals surface area contributed by atoms with E-state index in [4.69, 9.17) is 0 Å². The maximum absolute atomic E-state index is 9.56. The molecule has 2 aliphatic heterocycles. The van der Waals surface area contributed by atoms with E-state index < -0.39 is 0 Å². The van der Waals surface area contributed by atoms with Gasteiger partial charge in [0.25, 0.3) is 0 Å². The Morgan fingerprint density at radius 3 is 2.62 bits per heavy atom. The number of thioether (sulfide) groups is 1. The molecule has 0 amide bonds. The van der Waals surface area contributed by atoms with E-state index in [9.17, 15) is 5.11 Å². The predicted octanol–water partition coefficient (Wildman–Crippen LogP) is 1.34. The fraction of sp³-hybridized carbons (Fsp3) is 1.00. The first-order valence-electron chi connectivity index (χ1n) is 5.36. The fourth-order valence-electron chi connectivity index (χ4n) is 2.37. The Balaban J connectivity index is 1.83. The number of rotatable bonds is 1. The summed E-state index contributed by atoms with van der Waals surface area (Å²) in [5, 5.41) is 9.56. The van der Waals surface area contributed by atoms with Gasteiger partial charge in [-0.1, -0.05) is 0 Å². The Kier molecular flexibility index (Phi) is 3.52. The standard InChI is InChI=1S/C10H19NOS/c12-10-2-1-5-11(8-10)9-3-6-13-7-4-9/h9-10,12H,1-8H2/t10-/m0/s1. The summed E-state index contributed by atoms with van der Waals surface area (Å²) in [7, 11) is 0. The third kappa shape index (κ3) is 2.61. The molecule has 0 aliphatic carbocycles. The molecule has 2 rings (SSSR count). The Bertz CT molecular complexity index is 159. The Morgan fingerprint density at radius 2 is 1.92 bits per heavy atom. The van der Waals surface area contributed by atoms with Crippen LogP contribution in [0, 0.1) is 0 Å². The molecule has 2 saturated heterocycles. The lowest BCUT2D eigenvalue weighted by Crippen LogP contribution is -2.45. The minimum absolute atomic E-state index is 0.0525. The van der Waals surface area contributed by atoms with E-state index in [-0.39, 0.29) is 6.10 Å². The largest absolute Gasteiger partial charge is 0.392 e. The van der Waals surface area contributed by atoms with Gasteiger partial charge in [-0.05, 0) is 43.7 Å². The molecule has 3 heteroatoms. The average molecular weight is 201 g/mol. The monoisotopic (exact) mass is 201 g/mol. The number of likely N-dealkylation sites (tertiary alicyclic amines) is 1. The summed E-state index contributed by atoms with van der Waals surface area (Å²) in [5.41, 5.74) is 0. The van der Waals surface area contributed by atoms with Gasteiger partial charge in [0.05, 0.1) is 6.10 Å². The SMILES string of the molecule is O[C@H]1CCCN(C2CCSCC2)C1. The molecule has 0 unspecified atom stereocenters. The first-order valence-corrected chi connectivity index (χ1v) is 6.51. The van der Waals surface area contributed by atoms with E-state index in [0.29, 0.717) is 0 Å². The molecule has 1 N–H and O–H groups in total. The zero-order valence-corrected chi connectivity index (χ0v) is 8.93. The van der Waals surface area contributed by atoms with Gasteiger partial charge in [0.1, 0.15) is 0 Å². The van der Waals surface area contributed by atoms with Crippen LogP contribution in [0.4, 0.5) is 0 Å². The highest BCUT2D eigenvalue weighted by molar-refractivity contribution is 7.99. The summed E-state index contributed by atoms with van der Waals surface area (Å²) in [6.45, 7) is 2.14. The van der Waals surface area contributed by atoms with Crippen molar-refractivity contribution < 1.29 is 5.11 Å². The predicted molar refractivity (Wildman–Crippen MR) is 57.2 cm³/mol. The summed E-state index contributed by atoms with van der Waals surface area (Å²) in [5.74, 6) is 2.63. The molecule has 0 aromatic heterocycles. The summed E-state index contributed by atoms with van der Waals surface area (Å²) in [4.78, 5) is 2.51. The van der Waals surface area contributed by atoms with Crippen LogP contribution in [0.15, 0.2) is 0 Å². The Hall–Kier alpha value is 0.270. The minimum Gasteiger partial charge on any atom is -0.392 e. The van der Waals surface area contributed by atoms with Gasteiger partial charge >= 0.3 is 0 Å². The van der Waals surface area contributed by atoms with Crippen molar-refractivity contribution in [3.8, 4) is 0 Å². The van der Waals surface area contributed by atoms with E-state index in [1.54, 1.807) is 0 Å². The van der Waals surface area contributed by atoms with Crippen molar-refractivity contribution in [3.05, 3.63) is 0 Å². The van der Waals surface area contributed by atoms with Gasteiger partial charge in [0.15, 0.2) is 0 Å². The number of hydrogen-bond acceptors (Lipinski definition) is 3. The van der Waals surface area contributed by atoms with Gasteiger partial charge < -0.3 is 5.11 Å². The summed E-state index contributed by atoms with van der Waals surface area (Å²) >= 11 is 2.07. The van der Waals surface area contributed by atoms with Crippen LogP contribution in [-0.2, 0) is 0 Å². The van der Waals surface area contributed by atoms with Gasteiger partial charge in [0.2, 0.25) is 0 Å². The second-order valence-electron chi connectivity index (χ2n) is 4.13. The highest BCUT2D eigenvalue weighted by Crippen LogP contribution is 2.24. The number of aliphatic hydroxyl groups is 1. The quantitative estimate of drug-likeness (QED) is 0.692. The second-order valence-corrected chi connectivity index (χ2v) is 5.36. The van der Waals surface area contributed by atoms with Crippen molar-refractivity contribution in [1.29, 1.82) is 0 Å². The highest BCUT2D eigenvalue weighted by atomic mass is 32.2. The first-order chi connectivity index (χ1) is 6.36. The molecule has 0 bridgehead atoms. The summed E-state index contributed by atoms with van der Waals surface area (Å²) in [6.07, 6.45) is 4.81. The molecule has 2 fully saturated rings. The van der Waals surface area contributed by atoms with Crippen molar-refractivity contribution in [2.24, 2.45) is 0 Å². The van der Waals surface area contributed by atoms with Crippen LogP contribution in [-0.4, -0.2) is 46.7 Å². The summed E-state index contributed by atoms with van der Waals surface area (Å²) in [6, 6.07) is 0.774. The Morgan fingerprint density at radius 1 is 1.15 bits per heavy atom. The molecular weight excluding hydrogens is 182 g/mol. The third-order valence-corrected chi connectivity index (χ3v) is 4.18. The smallest absolute Gasteiger partial charge is 0.0667 e. The Labute approximate surface area is 84.7 Å². The lowest BCUT2D eigenvalue weighted by Gasteiger charge is -2.38. The van der Waals surface area contributed by atoms with E-state index in [1.165, 1.54) is 37.3 Å². The van der Waals surface area contributed by atoms with E-state index in [2.05, 4.69) is 16.7 Å². The van der Waals surface area contributed by atoms with Gasteiger partial charge in [-0.3, -0.25) is 4.90 Å². The maximum Gasteiger partial charge on any atom is 0.0667 e. The average Bonchev–Trinajstić information content (AvgIpc) is 2.19. The molecule has 0 aromatic carbocycles. The van der Waals surface area contributed by atoms with Gasteiger partial charge in [-0.25, -0.2) is 0 Å². The molecule has 76 valence electrons. The number of aliphatic hydroxyl groups excluding tert-OH is 1. The molecule has 2 aliphatic rings. The molecule has 13 heavy (non-hydrogen) atoms. The zero-order chi connectivity index (χ0) is 9.10. The van der Waals surface area contributed by atoms with Crippen LogP contribution >= 0.6 is 11.8 Å². The van der Waals surface area contributed by atoms with Crippen molar-refractivity contribution >= 4 is 11.8 Å². The van der Waals surface area contributed by atoms with Crippen molar-refractivity contribution in [3.63, 3.8) is 0 Å². The maximum atomic E-state index is 9.56. The highest BCUT2D eigenvalue weighted by Gasteiger charge is 2.25. The molecule has 0 saturated carbocycles. The topological polar surface area (TPSA) is 23.5 Å². The number of hydrogen-bond donors (Lipinski definition) is 1. The van der Waals surface area contributed by atoms with E-state index in [0.717, 1.165) is 19.0 Å². The van der Waals surface area contributed by atoms with Gasteiger partial charge in [-0.2, -0.15) is 11.8 Å². The third-order valence-electron chi connectivity index (χ3n) is 3.14. The number of β-amino-alcohol motifs (C(OH)–C–C–N with tert-alkyl or cyclic N) is 1. The molecule has 2 heterocycles. The van der Waals surface area contributed by atoms with Crippen LogP contribution in [0.1, 0.15) is 25.7 Å². The van der Waals surface area contributed by atoms with Crippen molar-refractivity contribution in [2.75, 3.05) is 24.6 Å². The normalized spacial score (nSPS) is 33.5. The minimum atomic E-state index is -0.0525. The molecule has 0 spiro atoms. The van der Waals surface area contributed by atoms with E-state index >= 15 is 0 Å². The van der Waals surface area contributed by atoms with Gasteiger partial charge in [0, 0.05) is 12.6 Å². The number of nitrogens with zero attached hydrogens (tertiary/aromatic N) is 1. The molecule has 2 nitrogen and oxygen atoms in total. The van der Waals surface area contributed by atoms with Crippen LogP contribution in [0.25, 0.3) is 0 Å². The summed E-state index contributed by atoms with van der Waals surface area (Å²) < 4.78 is 0. The molecular formula is C10H19NOS. The second kappa shape index (κ2) is 4.67.